The Morgan fingerprint density at radius 2 is 1.89 bits per heavy atom. The first-order chi connectivity index (χ1) is 13.0. The van der Waals surface area contributed by atoms with Gasteiger partial charge in [0.2, 0.25) is 5.91 Å². The molecule has 4 nitrogen and oxygen atoms in total. The number of rotatable bonds is 6. The molecule has 2 aromatic carbocycles. The molecule has 1 amide bonds. The van der Waals surface area contributed by atoms with Gasteiger partial charge in [0.05, 0.1) is 10.8 Å². The van der Waals surface area contributed by atoms with Crippen molar-refractivity contribution in [3.63, 3.8) is 0 Å². The molecule has 1 N–H and O–H groups in total. The number of benzene rings is 2. The molecule has 0 saturated heterocycles. The number of thioether (sulfide) groups is 1. The van der Waals surface area contributed by atoms with Gasteiger partial charge >= 0.3 is 0 Å². The van der Waals surface area contributed by atoms with Crippen LogP contribution in [-0.2, 0) is 10.5 Å². The maximum absolute atomic E-state index is 13.9. The van der Waals surface area contributed by atoms with Crippen molar-refractivity contribution in [2.45, 2.75) is 24.9 Å². The van der Waals surface area contributed by atoms with Gasteiger partial charge in [0.15, 0.2) is 5.78 Å². The molecule has 3 aromatic rings. The molecule has 1 atom stereocenters. The summed E-state index contributed by atoms with van der Waals surface area (Å²) >= 11 is 1.46. The van der Waals surface area contributed by atoms with Crippen LogP contribution < -0.4 is 5.32 Å². The summed E-state index contributed by atoms with van der Waals surface area (Å²) in [4.78, 5) is 28.0. The predicted octanol–water partition coefficient (Wildman–Crippen LogP) is 4.84. The second kappa shape index (κ2) is 8.31. The topological polar surface area (TPSA) is 59.1 Å². The van der Waals surface area contributed by atoms with E-state index in [4.69, 9.17) is 0 Å². The Kier molecular flexibility index (Phi) is 5.86. The lowest BCUT2D eigenvalue weighted by Crippen LogP contribution is -2.22. The maximum Gasteiger partial charge on any atom is 0.237 e. The van der Waals surface area contributed by atoms with Crippen molar-refractivity contribution >= 4 is 40.0 Å². The summed E-state index contributed by atoms with van der Waals surface area (Å²) in [6.45, 7) is 3.32. The molecule has 6 heteroatoms. The number of anilines is 1. The molecule has 138 valence electrons. The first-order valence-corrected chi connectivity index (χ1v) is 9.56. The zero-order valence-corrected chi connectivity index (χ0v) is 15.8. The predicted molar refractivity (Wildman–Crippen MR) is 108 cm³/mol. The Labute approximate surface area is 161 Å². The molecule has 1 heterocycles. The molecule has 0 aliphatic rings. The second-order valence-corrected chi connectivity index (χ2v) is 7.51. The number of ketones is 1. The summed E-state index contributed by atoms with van der Waals surface area (Å²) < 4.78 is 13.9. The van der Waals surface area contributed by atoms with E-state index in [-0.39, 0.29) is 22.8 Å². The summed E-state index contributed by atoms with van der Waals surface area (Å²) in [5.74, 6) is 0.101. The minimum absolute atomic E-state index is 0.0167. The first-order valence-electron chi connectivity index (χ1n) is 8.51. The molecule has 0 radical (unpaired) electrons. The average Bonchev–Trinajstić information content (AvgIpc) is 2.68. The average molecular weight is 382 g/mol. The van der Waals surface area contributed by atoms with Crippen LogP contribution in [0.5, 0.6) is 0 Å². The summed E-state index contributed by atoms with van der Waals surface area (Å²) in [6, 6.07) is 13.3. The number of amides is 1. The van der Waals surface area contributed by atoms with E-state index in [2.05, 4.69) is 10.3 Å². The molecule has 1 aromatic heterocycles. The number of fused-ring (bicyclic) bond motifs is 1. The van der Waals surface area contributed by atoms with Crippen LogP contribution in [0.1, 0.15) is 29.8 Å². The van der Waals surface area contributed by atoms with Crippen molar-refractivity contribution in [1.82, 2.24) is 4.98 Å². The summed E-state index contributed by atoms with van der Waals surface area (Å²) in [5.41, 5.74) is 2.76. The van der Waals surface area contributed by atoms with E-state index in [1.807, 2.05) is 6.92 Å². The van der Waals surface area contributed by atoms with Gasteiger partial charge in [-0.25, -0.2) is 4.39 Å². The van der Waals surface area contributed by atoms with Crippen molar-refractivity contribution in [1.29, 1.82) is 0 Å². The molecule has 1 unspecified atom stereocenters. The zero-order valence-electron chi connectivity index (χ0n) is 15.0. The number of carbonyl (C=O) groups excluding carboxylic acids is 2. The molecule has 3 rings (SSSR count). The van der Waals surface area contributed by atoms with E-state index < -0.39 is 0 Å². The third kappa shape index (κ3) is 4.52. The summed E-state index contributed by atoms with van der Waals surface area (Å²) in [7, 11) is 0. The lowest BCUT2D eigenvalue weighted by Gasteiger charge is -2.13. The molecule has 0 aliphatic heterocycles. The SMILES string of the molecule is CC(=O)c1ccc(NC(=O)C(C)SCc2ccc(F)c3cccnc23)cc1. The first kappa shape index (κ1) is 19.0. The fourth-order valence-corrected chi connectivity index (χ4v) is 3.51. The Morgan fingerprint density at radius 3 is 2.59 bits per heavy atom. The smallest absolute Gasteiger partial charge is 0.237 e. The highest BCUT2D eigenvalue weighted by Crippen LogP contribution is 2.26. The Bertz CT molecular complexity index is 989. The second-order valence-electron chi connectivity index (χ2n) is 6.18. The molecule has 0 bridgehead atoms. The minimum atomic E-state index is -0.304. The van der Waals surface area contributed by atoms with E-state index >= 15 is 0 Å². The number of carbonyl (C=O) groups is 2. The maximum atomic E-state index is 13.9. The van der Waals surface area contributed by atoms with Crippen molar-refractivity contribution in [3.8, 4) is 0 Å². The molecule has 0 fully saturated rings. The van der Waals surface area contributed by atoms with Crippen LogP contribution in [0.3, 0.4) is 0 Å². The lowest BCUT2D eigenvalue weighted by atomic mass is 10.1. The van der Waals surface area contributed by atoms with E-state index in [1.54, 1.807) is 48.7 Å². The molecule has 27 heavy (non-hydrogen) atoms. The summed E-state index contributed by atoms with van der Waals surface area (Å²) in [5, 5.41) is 3.02. The molecule has 0 spiro atoms. The fraction of sp³-hybridized carbons (Fsp3) is 0.190. The number of nitrogens with one attached hydrogen (secondary N) is 1. The van der Waals surface area contributed by atoms with E-state index in [1.165, 1.54) is 24.8 Å². The largest absolute Gasteiger partial charge is 0.325 e. The van der Waals surface area contributed by atoms with Crippen LogP contribution in [-0.4, -0.2) is 21.9 Å². The highest BCUT2D eigenvalue weighted by atomic mass is 32.2. The van der Waals surface area contributed by atoms with Crippen LogP contribution in [0.4, 0.5) is 10.1 Å². The Balaban J connectivity index is 1.64. The van der Waals surface area contributed by atoms with Gasteiger partial charge in [0, 0.05) is 28.6 Å². The Hall–Kier alpha value is -2.73. The van der Waals surface area contributed by atoms with Crippen LogP contribution in [0.2, 0.25) is 0 Å². The fourth-order valence-electron chi connectivity index (χ4n) is 2.64. The highest BCUT2D eigenvalue weighted by Gasteiger charge is 2.15. The van der Waals surface area contributed by atoms with Gasteiger partial charge in [-0.15, -0.1) is 11.8 Å². The van der Waals surface area contributed by atoms with Crippen molar-refractivity contribution in [2.24, 2.45) is 0 Å². The quantitative estimate of drug-likeness (QED) is 0.620. The van der Waals surface area contributed by atoms with Gasteiger partial charge in [-0.1, -0.05) is 6.07 Å². The van der Waals surface area contributed by atoms with Gasteiger partial charge in [-0.3, -0.25) is 14.6 Å². The third-order valence-electron chi connectivity index (χ3n) is 4.22. The minimum Gasteiger partial charge on any atom is -0.325 e. The van der Waals surface area contributed by atoms with Crippen LogP contribution >= 0.6 is 11.8 Å². The normalized spacial score (nSPS) is 12.0. The number of halogens is 1. The number of nitrogens with zero attached hydrogens (tertiary/aromatic N) is 1. The molecular weight excluding hydrogens is 363 g/mol. The number of aromatic nitrogens is 1. The highest BCUT2D eigenvalue weighted by molar-refractivity contribution is 7.99. The third-order valence-corrected chi connectivity index (χ3v) is 5.41. The van der Waals surface area contributed by atoms with E-state index in [0.29, 0.717) is 27.9 Å². The van der Waals surface area contributed by atoms with Crippen molar-refractivity contribution in [2.75, 3.05) is 5.32 Å². The van der Waals surface area contributed by atoms with Crippen LogP contribution in [0, 0.1) is 5.82 Å². The van der Waals surface area contributed by atoms with Gasteiger partial charge in [-0.05, 0) is 61.9 Å². The number of Topliss-reactive ketones (excluding diaryl/α,β-unsaturated/α-hetero) is 1. The van der Waals surface area contributed by atoms with Gasteiger partial charge < -0.3 is 5.32 Å². The van der Waals surface area contributed by atoms with Crippen molar-refractivity contribution in [3.05, 3.63) is 71.7 Å². The van der Waals surface area contributed by atoms with Crippen LogP contribution in [0.25, 0.3) is 10.9 Å². The number of hydrogen-bond acceptors (Lipinski definition) is 4. The monoisotopic (exact) mass is 382 g/mol. The van der Waals surface area contributed by atoms with Gasteiger partial charge in [0.1, 0.15) is 5.82 Å². The number of pyridine rings is 1. The zero-order chi connectivity index (χ0) is 19.4. The molecule has 0 aliphatic carbocycles. The lowest BCUT2D eigenvalue weighted by molar-refractivity contribution is -0.115. The van der Waals surface area contributed by atoms with E-state index in [0.717, 1.165) is 5.56 Å². The molecular formula is C21H19FN2O2S. The van der Waals surface area contributed by atoms with E-state index in [9.17, 15) is 14.0 Å². The standard InChI is InChI=1S/C21H19FN2O2S/c1-13(25)15-5-8-17(9-6-15)24-21(26)14(2)27-12-16-7-10-19(22)18-4-3-11-23-20(16)18/h3-11,14H,12H2,1-2H3,(H,24,26). The number of hydrogen-bond donors (Lipinski definition) is 1. The Morgan fingerprint density at radius 1 is 1.15 bits per heavy atom. The van der Waals surface area contributed by atoms with Gasteiger partial charge in [0.25, 0.3) is 0 Å². The van der Waals surface area contributed by atoms with Crippen molar-refractivity contribution < 1.29 is 14.0 Å². The molecule has 0 saturated carbocycles. The summed E-state index contributed by atoms with van der Waals surface area (Å²) in [6.07, 6.45) is 1.64. The van der Waals surface area contributed by atoms with Gasteiger partial charge in [-0.2, -0.15) is 0 Å². The van der Waals surface area contributed by atoms with Crippen LogP contribution in [0.15, 0.2) is 54.7 Å².